The van der Waals surface area contributed by atoms with Gasteiger partial charge >= 0.3 is 0 Å². The van der Waals surface area contributed by atoms with Crippen molar-refractivity contribution in [2.75, 3.05) is 0 Å². The molecule has 0 saturated heterocycles. The van der Waals surface area contributed by atoms with E-state index in [2.05, 4.69) is 183 Å². The van der Waals surface area contributed by atoms with Crippen LogP contribution < -0.4 is 0 Å². The van der Waals surface area contributed by atoms with Gasteiger partial charge in [-0.25, -0.2) is 24.9 Å². The maximum atomic E-state index is 4.98. The maximum Gasteiger partial charge on any atom is 0.180 e. The van der Waals surface area contributed by atoms with E-state index in [1.807, 2.05) is 44.7 Å². The summed E-state index contributed by atoms with van der Waals surface area (Å²) in [6.45, 7) is 33.5. The average molecular weight is 886 g/mol. The minimum absolute atomic E-state index is 0.369. The molecular formula is C45H75N17O2. The van der Waals surface area contributed by atoms with Crippen LogP contribution in [0.4, 0.5) is 0 Å². The van der Waals surface area contributed by atoms with E-state index >= 15 is 0 Å². The fourth-order valence-electron chi connectivity index (χ4n) is 4.27. The molecule has 19 nitrogen and oxygen atoms in total. The van der Waals surface area contributed by atoms with Crippen molar-refractivity contribution in [3.63, 3.8) is 0 Å². The molecule has 8 heterocycles. The van der Waals surface area contributed by atoms with Crippen molar-refractivity contribution in [1.29, 1.82) is 0 Å². The van der Waals surface area contributed by atoms with E-state index in [0.717, 1.165) is 28.9 Å². The molecule has 64 heavy (non-hydrogen) atoms. The Morgan fingerprint density at radius 2 is 1.28 bits per heavy atom. The van der Waals surface area contributed by atoms with Gasteiger partial charge in [0.15, 0.2) is 18.6 Å². The van der Waals surface area contributed by atoms with Gasteiger partial charge in [0.05, 0.1) is 24.4 Å². The first kappa shape index (κ1) is 55.5. The zero-order chi connectivity index (χ0) is 47.9. The Morgan fingerprint density at radius 3 is 1.53 bits per heavy atom. The average Bonchev–Trinajstić information content (AvgIpc) is 4.12. The number of H-pyrrole nitrogens is 6. The summed E-state index contributed by atoms with van der Waals surface area (Å²) in [5.74, 6) is 7.73. The first-order valence-electron chi connectivity index (χ1n) is 21.7. The summed E-state index contributed by atoms with van der Waals surface area (Å²) in [7, 11) is 0. The predicted octanol–water partition coefficient (Wildman–Crippen LogP) is 11.0. The van der Waals surface area contributed by atoms with Gasteiger partial charge in [0, 0.05) is 66.0 Å². The molecule has 0 aromatic carbocycles. The summed E-state index contributed by atoms with van der Waals surface area (Å²) in [4.78, 5) is 25.7. The second-order valence-corrected chi connectivity index (χ2v) is 16.7. The molecule has 8 aromatic heterocycles. The summed E-state index contributed by atoms with van der Waals surface area (Å²) in [6.07, 6.45) is 20.6. The molecule has 0 atom stereocenters. The van der Waals surface area contributed by atoms with Crippen LogP contribution in [0.2, 0.25) is 0 Å². The largest absolute Gasteiger partial charge is 0.451 e. The molecule has 19 heteroatoms. The van der Waals surface area contributed by atoms with Crippen LogP contribution in [0.15, 0.2) is 90.0 Å². The molecule has 352 valence electrons. The lowest BCUT2D eigenvalue weighted by atomic mass is 10.1. The number of aromatic amines is 6. The number of nitrogens with one attached hydrogen (secondary N) is 6. The number of hydrogen-bond donors (Lipinski definition) is 6. The van der Waals surface area contributed by atoms with E-state index in [9.17, 15) is 0 Å². The van der Waals surface area contributed by atoms with Crippen LogP contribution in [-0.2, 0) is 0 Å². The van der Waals surface area contributed by atoms with Crippen molar-refractivity contribution in [2.45, 2.75) is 158 Å². The van der Waals surface area contributed by atoms with Crippen LogP contribution in [0.3, 0.4) is 0 Å². The molecule has 0 aliphatic heterocycles. The zero-order valence-corrected chi connectivity index (χ0v) is 40.9. The lowest BCUT2D eigenvalue weighted by Crippen LogP contribution is -1.88. The van der Waals surface area contributed by atoms with Crippen LogP contribution in [0.1, 0.15) is 204 Å². The van der Waals surface area contributed by atoms with Crippen molar-refractivity contribution in [2.24, 2.45) is 0 Å². The fourth-order valence-corrected chi connectivity index (χ4v) is 4.27. The Bertz CT molecular complexity index is 1610. The van der Waals surface area contributed by atoms with Crippen molar-refractivity contribution in [1.82, 2.24) is 86.1 Å². The third-order valence-corrected chi connectivity index (χ3v) is 8.46. The normalized spacial score (nSPS) is 10.4. The molecule has 8 rings (SSSR count). The van der Waals surface area contributed by atoms with Gasteiger partial charge in [-0.15, -0.1) is 10.2 Å². The third-order valence-electron chi connectivity index (χ3n) is 8.46. The minimum atomic E-state index is 0.369. The van der Waals surface area contributed by atoms with E-state index in [-0.39, 0.29) is 0 Å². The SMILES string of the molecule is CC(C)c1ccn[nH]1.CC(C)c1cn[nH]c1.CC(C)c1cnc[nH]1.CC(C)c1cnco1.CC(C)c1cocn1.CC(C)c1ncc[nH]1.CC(C)c1ncn[nH]1.CC(C)c1nn[nH]n1. The number of aromatic nitrogens is 17. The first-order chi connectivity index (χ1) is 30.4. The van der Waals surface area contributed by atoms with E-state index in [4.69, 9.17) is 8.83 Å². The molecule has 8 aromatic rings. The van der Waals surface area contributed by atoms with Gasteiger partial charge in [-0.3, -0.25) is 15.3 Å². The second-order valence-electron chi connectivity index (χ2n) is 16.7. The molecule has 6 N–H and O–H groups in total. The molecular weight excluding hydrogens is 811 g/mol. The lowest BCUT2D eigenvalue weighted by Gasteiger charge is -1.95. The lowest BCUT2D eigenvalue weighted by molar-refractivity contribution is 0.482. The Kier molecular flexibility index (Phi) is 27.9. The third kappa shape index (κ3) is 24.8. The summed E-state index contributed by atoms with van der Waals surface area (Å²) >= 11 is 0. The monoisotopic (exact) mass is 886 g/mol. The van der Waals surface area contributed by atoms with Gasteiger partial charge in [0.25, 0.3) is 0 Å². The zero-order valence-electron chi connectivity index (χ0n) is 40.9. The molecule has 0 amide bonds. The van der Waals surface area contributed by atoms with Crippen molar-refractivity contribution >= 4 is 0 Å². The summed E-state index contributed by atoms with van der Waals surface area (Å²) < 4.78 is 9.75. The number of oxazole rings is 2. The molecule has 0 aliphatic rings. The van der Waals surface area contributed by atoms with Crippen molar-refractivity contribution in [3.8, 4) is 0 Å². The van der Waals surface area contributed by atoms with Crippen LogP contribution >= 0.6 is 0 Å². The molecule has 0 spiro atoms. The van der Waals surface area contributed by atoms with Gasteiger partial charge in [0.1, 0.15) is 30.0 Å². The van der Waals surface area contributed by atoms with Crippen LogP contribution in [0.5, 0.6) is 0 Å². The highest BCUT2D eigenvalue weighted by Gasteiger charge is 2.03. The topological polar surface area (TPSA) is 263 Å². The van der Waals surface area contributed by atoms with Gasteiger partial charge in [-0.2, -0.15) is 20.5 Å². The van der Waals surface area contributed by atoms with E-state index in [1.54, 1.807) is 31.2 Å². The maximum absolute atomic E-state index is 4.98. The molecule has 0 saturated carbocycles. The van der Waals surface area contributed by atoms with Crippen LogP contribution in [0.25, 0.3) is 0 Å². The summed E-state index contributed by atoms with van der Waals surface area (Å²) in [5.41, 5.74) is 4.69. The number of rotatable bonds is 8. The number of tetrazole rings is 1. The Balaban J connectivity index is 0.000000366. The smallest absolute Gasteiger partial charge is 0.180 e. The van der Waals surface area contributed by atoms with E-state index in [1.165, 1.54) is 36.1 Å². The Labute approximate surface area is 379 Å². The number of nitrogens with zero attached hydrogens (tertiary/aromatic N) is 11. The molecule has 0 bridgehead atoms. The first-order valence-corrected chi connectivity index (χ1v) is 21.7. The quantitative estimate of drug-likeness (QED) is 0.0830. The molecule has 0 fully saturated rings. The standard InChI is InChI=1S/4C6H10N2.2C6H9NO.C5H9N3.C4H8N4/c1-5(2)6-3-7-4-8-6;1-5(2)6-3-7-8-4-6;1-5(2)6-7-3-4-8-6;1-5(2)6-3-4-7-8-6;1-5(2)6-3-8-4-7-6;1-5(2)6-3-7-4-8-6;1-4(2)5-6-3-7-8-5;1-3(2)4-5-7-8-6-4/h4*3-5H,1-2H3,(H,7,8);2*3-5H,1-2H3;3-4H,1-2H3,(H,6,7,8);3H,1-2H3,(H,5,6,7,8). The highest BCUT2D eigenvalue weighted by molar-refractivity contribution is 5.07. The molecule has 0 radical (unpaired) electrons. The van der Waals surface area contributed by atoms with Crippen molar-refractivity contribution < 1.29 is 8.83 Å². The van der Waals surface area contributed by atoms with Gasteiger partial charge in [0.2, 0.25) is 0 Å². The molecule has 0 unspecified atom stereocenters. The molecule has 0 aliphatic carbocycles. The Hall–Kier alpha value is -6.53. The summed E-state index contributed by atoms with van der Waals surface area (Å²) in [6, 6.07) is 1.99. The second kappa shape index (κ2) is 32.2. The Morgan fingerprint density at radius 1 is 0.562 bits per heavy atom. The van der Waals surface area contributed by atoms with Gasteiger partial charge in [-0.1, -0.05) is 116 Å². The minimum Gasteiger partial charge on any atom is -0.451 e. The fraction of sp³-hybridized carbons (Fsp3) is 0.533. The van der Waals surface area contributed by atoms with Gasteiger partial charge in [-0.05, 0) is 35.3 Å². The number of imidazole rings is 2. The van der Waals surface area contributed by atoms with Crippen LogP contribution in [-0.4, -0.2) is 86.1 Å². The highest BCUT2D eigenvalue weighted by atomic mass is 16.3. The summed E-state index contributed by atoms with van der Waals surface area (Å²) in [5, 5.41) is 33.1. The van der Waals surface area contributed by atoms with Gasteiger partial charge < -0.3 is 18.8 Å². The predicted molar refractivity (Wildman–Crippen MR) is 251 cm³/mol. The van der Waals surface area contributed by atoms with Crippen molar-refractivity contribution in [3.05, 3.63) is 127 Å². The van der Waals surface area contributed by atoms with Crippen LogP contribution in [0, 0.1) is 0 Å². The number of hydrogen-bond acceptors (Lipinski definition) is 13. The van der Waals surface area contributed by atoms with E-state index < -0.39 is 0 Å². The highest BCUT2D eigenvalue weighted by Crippen LogP contribution is 2.12. The van der Waals surface area contributed by atoms with E-state index in [0.29, 0.717) is 47.3 Å².